The lowest BCUT2D eigenvalue weighted by atomic mass is 10.1. The molecule has 0 fully saturated rings. The highest BCUT2D eigenvalue weighted by Gasteiger charge is 2.19. The molecule has 0 saturated heterocycles. The van der Waals surface area contributed by atoms with Crippen molar-refractivity contribution >= 4 is 50.5 Å². The quantitative estimate of drug-likeness (QED) is 0.500. The third-order valence-corrected chi connectivity index (χ3v) is 6.14. The number of halogens is 1. The fourth-order valence-electron chi connectivity index (χ4n) is 2.86. The van der Waals surface area contributed by atoms with Gasteiger partial charge in [-0.25, -0.2) is 8.42 Å². The molecule has 0 heterocycles. The monoisotopic (exact) mass is 457 g/mol. The van der Waals surface area contributed by atoms with Gasteiger partial charge in [0.25, 0.3) is 15.9 Å². The number of anilines is 3. The number of aryl methyl sites for hydroxylation is 1. The number of hydrogen-bond donors (Lipinski definition) is 3. The van der Waals surface area contributed by atoms with E-state index in [-0.39, 0.29) is 21.5 Å². The van der Waals surface area contributed by atoms with Gasteiger partial charge in [-0.2, -0.15) is 0 Å². The van der Waals surface area contributed by atoms with Crippen molar-refractivity contribution in [2.24, 2.45) is 0 Å². The highest BCUT2D eigenvalue weighted by Crippen LogP contribution is 2.27. The van der Waals surface area contributed by atoms with Crippen LogP contribution in [0, 0.1) is 6.92 Å². The van der Waals surface area contributed by atoms with Gasteiger partial charge in [-0.15, -0.1) is 0 Å². The molecule has 9 heteroatoms. The Hall–Kier alpha value is -3.36. The third kappa shape index (κ3) is 5.62. The molecule has 3 aromatic rings. The van der Waals surface area contributed by atoms with Crippen LogP contribution in [0.25, 0.3) is 0 Å². The standard InChI is InChI=1S/C22H20ClN3O4S/c1-14-10-11-18(25-22(28)16-6-5-7-17(12-16)24-15(2)27)13-21(14)31(29,30)26-20-9-4-3-8-19(20)23/h3-13,26H,1-2H3,(H,24,27)(H,25,28). The number of para-hydroxylation sites is 1. The Kier molecular flexibility index (Phi) is 6.62. The van der Waals surface area contributed by atoms with E-state index in [0.29, 0.717) is 22.5 Å². The Labute approximate surface area is 185 Å². The van der Waals surface area contributed by atoms with Crippen LogP contribution < -0.4 is 15.4 Å². The second kappa shape index (κ2) is 9.20. The minimum atomic E-state index is -3.94. The lowest BCUT2D eigenvalue weighted by Gasteiger charge is -2.13. The molecule has 3 N–H and O–H groups in total. The number of hydrogen-bond acceptors (Lipinski definition) is 4. The molecule has 0 radical (unpaired) electrons. The summed E-state index contributed by atoms with van der Waals surface area (Å²) in [5.41, 5.74) is 1.86. The van der Waals surface area contributed by atoms with E-state index < -0.39 is 15.9 Å². The molecule has 3 aromatic carbocycles. The summed E-state index contributed by atoms with van der Waals surface area (Å²) in [4.78, 5) is 23.9. The van der Waals surface area contributed by atoms with Crippen molar-refractivity contribution in [1.82, 2.24) is 0 Å². The van der Waals surface area contributed by atoms with Crippen LogP contribution in [0.5, 0.6) is 0 Å². The number of rotatable bonds is 6. The van der Waals surface area contributed by atoms with Gasteiger partial charge in [-0.05, 0) is 55.0 Å². The molecule has 7 nitrogen and oxygen atoms in total. The fourth-order valence-corrected chi connectivity index (χ4v) is 4.45. The summed E-state index contributed by atoms with van der Waals surface area (Å²) in [6.07, 6.45) is 0. The molecule has 31 heavy (non-hydrogen) atoms. The first kappa shape index (κ1) is 22.3. The van der Waals surface area contributed by atoms with Gasteiger partial charge in [0.1, 0.15) is 0 Å². The van der Waals surface area contributed by atoms with Gasteiger partial charge in [-0.1, -0.05) is 35.9 Å². The third-order valence-electron chi connectivity index (χ3n) is 4.30. The normalized spacial score (nSPS) is 10.9. The summed E-state index contributed by atoms with van der Waals surface area (Å²) in [6.45, 7) is 3.03. The minimum absolute atomic E-state index is 0.0113. The van der Waals surface area contributed by atoms with Crippen molar-refractivity contribution in [1.29, 1.82) is 0 Å². The van der Waals surface area contributed by atoms with Crippen LogP contribution in [0.15, 0.2) is 71.6 Å². The van der Waals surface area contributed by atoms with E-state index in [1.54, 1.807) is 61.5 Å². The topological polar surface area (TPSA) is 104 Å². The first-order valence-electron chi connectivity index (χ1n) is 9.23. The van der Waals surface area contributed by atoms with E-state index >= 15 is 0 Å². The minimum Gasteiger partial charge on any atom is -0.326 e. The van der Waals surface area contributed by atoms with Crippen LogP contribution in [0.3, 0.4) is 0 Å². The number of sulfonamides is 1. The van der Waals surface area contributed by atoms with Gasteiger partial charge in [0.2, 0.25) is 5.91 Å². The summed E-state index contributed by atoms with van der Waals surface area (Å²) >= 11 is 6.06. The van der Waals surface area contributed by atoms with Crippen molar-refractivity contribution in [3.05, 3.63) is 82.9 Å². The predicted molar refractivity (Wildman–Crippen MR) is 122 cm³/mol. The predicted octanol–water partition coefficient (Wildman–Crippen LogP) is 4.66. The summed E-state index contributed by atoms with van der Waals surface area (Å²) in [6, 6.07) is 17.5. The second-order valence-corrected chi connectivity index (χ2v) is 8.84. The summed E-state index contributed by atoms with van der Waals surface area (Å²) in [5, 5.41) is 5.57. The molecule has 0 aliphatic rings. The largest absolute Gasteiger partial charge is 0.326 e. The Morgan fingerprint density at radius 2 is 1.58 bits per heavy atom. The maximum absolute atomic E-state index is 12.9. The van der Waals surface area contributed by atoms with E-state index in [1.165, 1.54) is 19.1 Å². The molecule has 0 spiro atoms. The van der Waals surface area contributed by atoms with E-state index in [1.807, 2.05) is 0 Å². The molecule has 160 valence electrons. The zero-order valence-electron chi connectivity index (χ0n) is 16.8. The van der Waals surface area contributed by atoms with Crippen LogP contribution >= 0.6 is 11.6 Å². The Balaban J connectivity index is 1.85. The Bertz CT molecular complexity index is 1260. The molecule has 0 aliphatic heterocycles. The number of amides is 2. The summed E-state index contributed by atoms with van der Waals surface area (Å²) < 4.78 is 28.3. The summed E-state index contributed by atoms with van der Waals surface area (Å²) in [7, 11) is -3.94. The Morgan fingerprint density at radius 3 is 2.29 bits per heavy atom. The average Bonchev–Trinajstić information content (AvgIpc) is 2.70. The zero-order chi connectivity index (χ0) is 22.6. The van der Waals surface area contributed by atoms with Gasteiger partial charge in [0, 0.05) is 23.9 Å². The average molecular weight is 458 g/mol. The first-order valence-corrected chi connectivity index (χ1v) is 11.1. The lowest BCUT2D eigenvalue weighted by molar-refractivity contribution is -0.114. The highest BCUT2D eigenvalue weighted by molar-refractivity contribution is 7.92. The maximum Gasteiger partial charge on any atom is 0.262 e. The van der Waals surface area contributed by atoms with Crippen molar-refractivity contribution in [3.8, 4) is 0 Å². The summed E-state index contributed by atoms with van der Waals surface area (Å²) in [5.74, 6) is -0.699. The van der Waals surface area contributed by atoms with Crippen molar-refractivity contribution in [3.63, 3.8) is 0 Å². The smallest absolute Gasteiger partial charge is 0.262 e. The molecule has 3 rings (SSSR count). The van der Waals surface area contributed by atoms with Gasteiger partial charge < -0.3 is 10.6 Å². The first-order chi connectivity index (χ1) is 14.7. The van der Waals surface area contributed by atoms with Gasteiger partial charge >= 0.3 is 0 Å². The van der Waals surface area contributed by atoms with Gasteiger partial charge in [0.05, 0.1) is 15.6 Å². The van der Waals surface area contributed by atoms with E-state index in [9.17, 15) is 18.0 Å². The van der Waals surface area contributed by atoms with Crippen molar-refractivity contribution < 1.29 is 18.0 Å². The van der Waals surface area contributed by atoms with E-state index in [0.717, 1.165) is 0 Å². The van der Waals surface area contributed by atoms with Crippen LogP contribution in [-0.4, -0.2) is 20.2 Å². The molecule has 0 aromatic heterocycles. The van der Waals surface area contributed by atoms with Crippen LogP contribution in [0.1, 0.15) is 22.8 Å². The number of carbonyl (C=O) groups is 2. The SMILES string of the molecule is CC(=O)Nc1cccc(C(=O)Nc2ccc(C)c(S(=O)(=O)Nc3ccccc3Cl)c2)c1. The lowest BCUT2D eigenvalue weighted by Crippen LogP contribution is -2.16. The molecule has 0 bridgehead atoms. The number of benzene rings is 3. The molecule has 0 unspecified atom stereocenters. The highest BCUT2D eigenvalue weighted by atomic mass is 35.5. The van der Waals surface area contributed by atoms with E-state index in [4.69, 9.17) is 11.6 Å². The molecular formula is C22H20ClN3O4S. The fraction of sp³-hybridized carbons (Fsp3) is 0.0909. The van der Waals surface area contributed by atoms with Crippen LogP contribution in [0.4, 0.5) is 17.1 Å². The molecule has 0 saturated carbocycles. The maximum atomic E-state index is 12.9. The Morgan fingerprint density at radius 1 is 0.871 bits per heavy atom. The van der Waals surface area contributed by atoms with E-state index in [2.05, 4.69) is 15.4 Å². The van der Waals surface area contributed by atoms with Crippen LogP contribution in [-0.2, 0) is 14.8 Å². The van der Waals surface area contributed by atoms with Crippen LogP contribution in [0.2, 0.25) is 5.02 Å². The molecular weight excluding hydrogens is 438 g/mol. The number of carbonyl (C=O) groups excluding carboxylic acids is 2. The molecule has 0 atom stereocenters. The van der Waals surface area contributed by atoms with Gasteiger partial charge in [-0.3, -0.25) is 14.3 Å². The van der Waals surface area contributed by atoms with Crippen molar-refractivity contribution in [2.45, 2.75) is 18.7 Å². The van der Waals surface area contributed by atoms with Gasteiger partial charge in [0.15, 0.2) is 0 Å². The molecule has 0 aliphatic carbocycles. The zero-order valence-corrected chi connectivity index (χ0v) is 18.3. The number of nitrogens with one attached hydrogen (secondary N) is 3. The second-order valence-electron chi connectivity index (χ2n) is 6.78. The van der Waals surface area contributed by atoms with Crippen molar-refractivity contribution in [2.75, 3.05) is 15.4 Å². The molecule has 2 amide bonds.